The van der Waals surface area contributed by atoms with Crippen LogP contribution in [-0.2, 0) is 39.3 Å². The van der Waals surface area contributed by atoms with E-state index in [2.05, 4.69) is 86.6 Å². The van der Waals surface area contributed by atoms with Crippen LogP contribution in [0.5, 0.6) is 0 Å². The molecule has 4 aromatic carbocycles. The van der Waals surface area contributed by atoms with E-state index in [1.165, 1.54) is 20.9 Å². The molecule has 0 fully saturated rings. The maximum Gasteiger partial charge on any atom is 0.697 e. The van der Waals surface area contributed by atoms with Gasteiger partial charge in [-0.15, -0.1) is 9.05 Å². The summed E-state index contributed by atoms with van der Waals surface area (Å²) < 4.78 is 23.6. The molecule has 0 spiro atoms. The van der Waals surface area contributed by atoms with Gasteiger partial charge in [0.1, 0.15) is 13.2 Å². The zero-order valence-corrected chi connectivity index (χ0v) is 33.6. The van der Waals surface area contributed by atoms with Crippen molar-refractivity contribution < 1.29 is 13.6 Å². The molecule has 0 saturated carbocycles. The summed E-state index contributed by atoms with van der Waals surface area (Å²) in [6, 6.07) is 29.6. The Labute approximate surface area is 318 Å². The number of nitrogens with two attached hydrogens (primary N) is 2. The SMILES string of the molecule is CCc1cccc(Sc2ccc(CCC[C@@](C)(N)CO[P+](=O)OC[C@](C)(N)CCCc3ccc(Sc4cccc(CC)c4)cc3Cl)c(Cl)c2)c1. The van der Waals surface area contributed by atoms with Crippen molar-refractivity contribution in [1.29, 1.82) is 0 Å². The maximum absolute atomic E-state index is 12.6. The van der Waals surface area contributed by atoms with Crippen LogP contribution < -0.4 is 11.5 Å². The predicted molar refractivity (Wildman–Crippen MR) is 213 cm³/mol. The molecular weight excluding hydrogens is 722 g/mol. The molecule has 0 amide bonds. The van der Waals surface area contributed by atoms with Gasteiger partial charge in [-0.1, -0.05) is 97.0 Å². The zero-order valence-electron chi connectivity index (χ0n) is 29.6. The van der Waals surface area contributed by atoms with Crippen molar-refractivity contribution in [1.82, 2.24) is 0 Å². The van der Waals surface area contributed by atoms with E-state index in [-0.39, 0.29) is 13.2 Å². The molecular formula is C40H50Cl2N2O3PS2+. The molecule has 50 heavy (non-hydrogen) atoms. The fraction of sp³-hybridized carbons (Fsp3) is 0.400. The predicted octanol–water partition coefficient (Wildman–Crippen LogP) is 11.9. The number of halogens is 2. The molecule has 2 atom stereocenters. The Morgan fingerprint density at radius 2 is 1.04 bits per heavy atom. The minimum absolute atomic E-state index is 0.112. The first-order valence-corrected chi connectivity index (χ1v) is 20.7. The summed E-state index contributed by atoms with van der Waals surface area (Å²) in [6.07, 6.45) is 6.59. The van der Waals surface area contributed by atoms with Crippen LogP contribution in [0.2, 0.25) is 10.0 Å². The van der Waals surface area contributed by atoms with Crippen LogP contribution in [-0.4, -0.2) is 24.3 Å². The number of hydrogen-bond acceptors (Lipinski definition) is 7. The van der Waals surface area contributed by atoms with Crippen molar-refractivity contribution in [2.75, 3.05) is 13.2 Å². The Bertz CT molecular complexity index is 1600. The zero-order chi connectivity index (χ0) is 36.1. The molecule has 0 aromatic heterocycles. The molecule has 268 valence electrons. The molecule has 0 aliphatic rings. The quantitative estimate of drug-likeness (QED) is 0.0865. The highest BCUT2D eigenvalue weighted by atomic mass is 35.5. The number of hydrogen-bond donors (Lipinski definition) is 2. The molecule has 0 heterocycles. The Morgan fingerprint density at radius 1 is 0.640 bits per heavy atom. The van der Waals surface area contributed by atoms with Gasteiger partial charge in [0, 0.05) is 45.3 Å². The first-order chi connectivity index (χ1) is 23.8. The second kappa shape index (κ2) is 19.8. The molecule has 0 saturated heterocycles. The average molecular weight is 773 g/mol. The first-order valence-electron chi connectivity index (χ1n) is 17.3. The molecule has 0 aliphatic heterocycles. The number of aryl methyl sites for hydroxylation is 4. The molecule has 0 bridgehead atoms. The van der Waals surface area contributed by atoms with Gasteiger partial charge in [0.05, 0.1) is 0 Å². The van der Waals surface area contributed by atoms with Gasteiger partial charge in [-0.25, -0.2) is 0 Å². The third-order valence-electron chi connectivity index (χ3n) is 8.52. The highest BCUT2D eigenvalue weighted by Gasteiger charge is 2.31. The lowest BCUT2D eigenvalue weighted by atomic mass is 9.95. The van der Waals surface area contributed by atoms with Crippen LogP contribution in [0.25, 0.3) is 0 Å². The van der Waals surface area contributed by atoms with Crippen molar-refractivity contribution in [2.24, 2.45) is 11.5 Å². The lowest BCUT2D eigenvalue weighted by Gasteiger charge is -2.22. The standard InChI is InChI=1S/C40H50Cl2N2O3PS2/c1-5-29-11-7-15-33(23-29)49-35-19-17-31(37(41)25-35)13-9-21-39(3,43)27-46-48(45)47-28-40(4,44)22-10-14-32-18-20-36(26-38(32)42)50-34-16-8-12-30(6-2)24-34/h7-8,11-12,15-20,23-26H,5-6,9-10,13-14,21-22,27-28,43-44H2,1-4H3/q+1/t39-,40-/m1/s1. The van der Waals surface area contributed by atoms with Crippen LogP contribution in [0.1, 0.15) is 75.6 Å². The van der Waals surface area contributed by atoms with E-state index in [9.17, 15) is 4.57 Å². The Morgan fingerprint density at radius 3 is 1.42 bits per heavy atom. The van der Waals surface area contributed by atoms with E-state index in [0.717, 1.165) is 69.5 Å². The molecule has 5 nitrogen and oxygen atoms in total. The van der Waals surface area contributed by atoms with E-state index in [0.29, 0.717) is 12.8 Å². The Hall–Kier alpha value is -1.90. The van der Waals surface area contributed by atoms with Gasteiger partial charge in [-0.2, -0.15) is 0 Å². The molecule has 4 rings (SSSR count). The molecule has 10 heteroatoms. The summed E-state index contributed by atoms with van der Waals surface area (Å²) in [5, 5.41) is 1.50. The summed E-state index contributed by atoms with van der Waals surface area (Å²) >= 11 is 16.7. The third-order valence-corrected chi connectivity index (χ3v) is 11.9. The van der Waals surface area contributed by atoms with Gasteiger partial charge < -0.3 is 11.5 Å². The van der Waals surface area contributed by atoms with Gasteiger partial charge in [0.15, 0.2) is 0 Å². The van der Waals surface area contributed by atoms with Crippen molar-refractivity contribution in [2.45, 2.75) is 110 Å². The normalized spacial score (nSPS) is 13.9. The van der Waals surface area contributed by atoms with Crippen molar-refractivity contribution >= 4 is 55.0 Å². The second-order valence-electron chi connectivity index (χ2n) is 13.5. The summed E-state index contributed by atoms with van der Waals surface area (Å²) in [6.45, 7) is 8.34. The van der Waals surface area contributed by atoms with E-state index >= 15 is 0 Å². The third kappa shape index (κ3) is 13.9. The highest BCUT2D eigenvalue weighted by Crippen LogP contribution is 2.34. The van der Waals surface area contributed by atoms with Gasteiger partial charge in [0.2, 0.25) is 0 Å². The van der Waals surface area contributed by atoms with E-state index < -0.39 is 19.3 Å². The van der Waals surface area contributed by atoms with Gasteiger partial charge in [0.25, 0.3) is 0 Å². The highest BCUT2D eigenvalue weighted by molar-refractivity contribution is 7.99. The molecule has 4 aromatic rings. The number of benzene rings is 4. The monoisotopic (exact) mass is 771 g/mol. The fourth-order valence-corrected chi connectivity index (χ4v) is 8.90. The summed E-state index contributed by atoms with van der Waals surface area (Å²) in [7, 11) is -2.35. The first kappa shape index (κ1) is 40.9. The van der Waals surface area contributed by atoms with Crippen LogP contribution in [0.4, 0.5) is 0 Å². The molecule has 0 unspecified atom stereocenters. The molecule has 0 radical (unpaired) electrons. The summed E-state index contributed by atoms with van der Waals surface area (Å²) in [4.78, 5) is 4.63. The lowest BCUT2D eigenvalue weighted by Crippen LogP contribution is -2.41. The van der Waals surface area contributed by atoms with Crippen molar-refractivity contribution in [3.8, 4) is 0 Å². The number of rotatable bonds is 20. The lowest BCUT2D eigenvalue weighted by molar-refractivity contribution is 0.156. The van der Waals surface area contributed by atoms with Crippen LogP contribution in [0, 0.1) is 0 Å². The minimum Gasteiger partial charge on any atom is -0.323 e. The van der Waals surface area contributed by atoms with Gasteiger partial charge in [-0.05, 0) is 136 Å². The molecule has 0 aliphatic carbocycles. The second-order valence-corrected chi connectivity index (χ2v) is 17.6. The Kier molecular flexibility index (Phi) is 16.2. The van der Waals surface area contributed by atoms with Gasteiger partial charge in [-0.3, -0.25) is 0 Å². The average Bonchev–Trinajstić information content (AvgIpc) is 3.08. The maximum atomic E-state index is 12.6. The van der Waals surface area contributed by atoms with E-state index in [4.69, 9.17) is 43.7 Å². The fourth-order valence-electron chi connectivity index (χ4n) is 5.47. The largest absolute Gasteiger partial charge is 0.697 e. The van der Waals surface area contributed by atoms with Crippen LogP contribution >= 0.6 is 55.0 Å². The topological polar surface area (TPSA) is 87.6 Å². The van der Waals surface area contributed by atoms with Crippen molar-refractivity contribution in [3.05, 3.63) is 117 Å². The summed E-state index contributed by atoms with van der Waals surface area (Å²) in [5.41, 5.74) is 16.5. The van der Waals surface area contributed by atoms with Gasteiger partial charge >= 0.3 is 8.25 Å². The van der Waals surface area contributed by atoms with Crippen LogP contribution in [0.3, 0.4) is 0 Å². The minimum atomic E-state index is -2.35. The van der Waals surface area contributed by atoms with Crippen LogP contribution in [0.15, 0.2) is 105 Å². The van der Waals surface area contributed by atoms with E-state index in [1.54, 1.807) is 23.5 Å². The smallest absolute Gasteiger partial charge is 0.323 e. The Balaban J connectivity index is 1.13. The van der Waals surface area contributed by atoms with Crippen molar-refractivity contribution in [3.63, 3.8) is 0 Å². The summed E-state index contributed by atoms with van der Waals surface area (Å²) in [5.74, 6) is 0. The molecule has 4 N–H and O–H groups in total. The van der Waals surface area contributed by atoms with E-state index in [1.807, 2.05) is 26.0 Å².